The standard InChI is InChI=1S/C16H15N3OS2/c20-16(12-2-1-3-13-11(12)4-5-17-13)19-7-9-21-10-14(19)15-18-6-8-22-15/h1-6,8,14,17H,7,9-10H2/t14-/m1/s1. The molecule has 0 aliphatic carbocycles. The molecular formula is C16H15N3OS2. The van der Waals surface area contributed by atoms with Gasteiger partial charge in [0, 0.05) is 52.3 Å². The van der Waals surface area contributed by atoms with Crippen molar-refractivity contribution in [3.05, 3.63) is 52.6 Å². The number of benzene rings is 1. The molecule has 2 aromatic heterocycles. The largest absolute Gasteiger partial charge is 0.361 e. The molecule has 1 atom stereocenters. The van der Waals surface area contributed by atoms with Crippen LogP contribution < -0.4 is 0 Å². The predicted molar refractivity (Wildman–Crippen MR) is 91.5 cm³/mol. The van der Waals surface area contributed by atoms with Gasteiger partial charge in [-0.1, -0.05) is 6.07 Å². The Morgan fingerprint density at radius 3 is 3.18 bits per heavy atom. The smallest absolute Gasteiger partial charge is 0.255 e. The molecule has 1 aliphatic rings. The highest BCUT2D eigenvalue weighted by atomic mass is 32.2. The molecule has 22 heavy (non-hydrogen) atoms. The van der Waals surface area contributed by atoms with E-state index < -0.39 is 0 Å². The minimum Gasteiger partial charge on any atom is -0.361 e. The van der Waals surface area contributed by atoms with E-state index in [1.165, 1.54) is 0 Å². The Morgan fingerprint density at radius 1 is 1.36 bits per heavy atom. The van der Waals surface area contributed by atoms with Crippen molar-refractivity contribution in [2.24, 2.45) is 0 Å². The molecule has 0 unspecified atom stereocenters. The summed E-state index contributed by atoms with van der Waals surface area (Å²) >= 11 is 3.52. The SMILES string of the molecule is O=C(c1cccc2[nH]ccc12)N1CCSC[C@@H]1c1nccs1. The number of nitrogens with zero attached hydrogens (tertiary/aromatic N) is 2. The van der Waals surface area contributed by atoms with E-state index in [2.05, 4.69) is 9.97 Å². The lowest BCUT2D eigenvalue weighted by Gasteiger charge is -2.34. The molecule has 1 fully saturated rings. The maximum Gasteiger partial charge on any atom is 0.255 e. The first-order chi connectivity index (χ1) is 10.8. The monoisotopic (exact) mass is 329 g/mol. The fourth-order valence-corrected chi connectivity index (χ4v) is 4.79. The third-order valence-electron chi connectivity index (χ3n) is 3.95. The maximum atomic E-state index is 13.1. The lowest BCUT2D eigenvalue weighted by atomic mass is 10.1. The fourth-order valence-electron chi connectivity index (χ4n) is 2.88. The van der Waals surface area contributed by atoms with E-state index in [9.17, 15) is 4.79 Å². The van der Waals surface area contributed by atoms with E-state index in [0.29, 0.717) is 0 Å². The van der Waals surface area contributed by atoms with Gasteiger partial charge in [-0.3, -0.25) is 4.79 Å². The number of H-pyrrole nitrogens is 1. The first-order valence-corrected chi connectivity index (χ1v) is 9.22. The zero-order valence-electron chi connectivity index (χ0n) is 11.9. The van der Waals surface area contributed by atoms with Gasteiger partial charge in [0.25, 0.3) is 5.91 Å². The van der Waals surface area contributed by atoms with E-state index in [1.807, 2.05) is 58.7 Å². The van der Waals surface area contributed by atoms with Gasteiger partial charge >= 0.3 is 0 Å². The quantitative estimate of drug-likeness (QED) is 0.782. The summed E-state index contributed by atoms with van der Waals surface area (Å²) in [7, 11) is 0. The molecule has 1 N–H and O–H groups in total. The van der Waals surface area contributed by atoms with Gasteiger partial charge in [0.05, 0.1) is 6.04 Å². The first-order valence-electron chi connectivity index (χ1n) is 7.19. The van der Waals surface area contributed by atoms with Gasteiger partial charge in [-0.25, -0.2) is 4.98 Å². The van der Waals surface area contributed by atoms with Crippen molar-refractivity contribution in [1.82, 2.24) is 14.9 Å². The average molecular weight is 329 g/mol. The van der Waals surface area contributed by atoms with E-state index in [-0.39, 0.29) is 11.9 Å². The van der Waals surface area contributed by atoms with Crippen LogP contribution in [0.15, 0.2) is 42.0 Å². The Morgan fingerprint density at radius 2 is 2.32 bits per heavy atom. The summed E-state index contributed by atoms with van der Waals surface area (Å²) in [4.78, 5) is 22.7. The predicted octanol–water partition coefficient (Wildman–Crippen LogP) is 3.55. The van der Waals surface area contributed by atoms with Crippen LogP contribution >= 0.6 is 23.1 Å². The lowest BCUT2D eigenvalue weighted by molar-refractivity contribution is 0.0703. The molecule has 1 aliphatic heterocycles. The van der Waals surface area contributed by atoms with E-state index in [4.69, 9.17) is 0 Å². The fraction of sp³-hybridized carbons (Fsp3) is 0.250. The zero-order chi connectivity index (χ0) is 14.9. The molecule has 0 spiro atoms. The number of amides is 1. The van der Waals surface area contributed by atoms with E-state index >= 15 is 0 Å². The Hall–Kier alpha value is -1.79. The summed E-state index contributed by atoms with van der Waals surface area (Å²) in [6.07, 6.45) is 3.70. The molecule has 0 bridgehead atoms. The van der Waals surface area contributed by atoms with Crippen molar-refractivity contribution in [3.8, 4) is 0 Å². The normalized spacial score (nSPS) is 18.7. The molecule has 6 heteroatoms. The number of hydrogen-bond acceptors (Lipinski definition) is 4. The van der Waals surface area contributed by atoms with Gasteiger partial charge in [0.15, 0.2) is 0 Å². The van der Waals surface area contributed by atoms with Crippen molar-refractivity contribution < 1.29 is 4.79 Å². The maximum absolute atomic E-state index is 13.1. The Balaban J connectivity index is 1.72. The second kappa shape index (κ2) is 5.78. The highest BCUT2D eigenvalue weighted by Crippen LogP contribution is 2.32. The van der Waals surface area contributed by atoms with Crippen LogP contribution in [0.3, 0.4) is 0 Å². The number of aromatic nitrogens is 2. The number of nitrogens with one attached hydrogen (secondary N) is 1. The summed E-state index contributed by atoms with van der Waals surface area (Å²) in [6, 6.07) is 7.90. The third-order valence-corrected chi connectivity index (χ3v) is 5.85. The van der Waals surface area contributed by atoms with Crippen LogP contribution in [-0.2, 0) is 0 Å². The van der Waals surface area contributed by atoms with Crippen LogP contribution in [0.5, 0.6) is 0 Å². The van der Waals surface area contributed by atoms with Crippen LogP contribution in [0.4, 0.5) is 0 Å². The molecule has 1 aromatic carbocycles. The van der Waals surface area contributed by atoms with Crippen molar-refractivity contribution in [1.29, 1.82) is 0 Å². The molecule has 3 heterocycles. The second-order valence-corrected chi connectivity index (χ2v) is 7.28. The number of hydrogen-bond donors (Lipinski definition) is 1. The first kappa shape index (κ1) is 13.8. The average Bonchev–Trinajstić information content (AvgIpc) is 3.25. The van der Waals surface area contributed by atoms with Gasteiger partial charge in [-0.05, 0) is 18.2 Å². The van der Waals surface area contributed by atoms with Crippen LogP contribution in [0.25, 0.3) is 10.9 Å². The molecule has 1 saturated heterocycles. The molecular weight excluding hydrogens is 314 g/mol. The van der Waals surface area contributed by atoms with Gasteiger partial charge < -0.3 is 9.88 Å². The lowest BCUT2D eigenvalue weighted by Crippen LogP contribution is -2.40. The van der Waals surface area contributed by atoms with Gasteiger partial charge in [0.2, 0.25) is 0 Å². The second-order valence-electron chi connectivity index (χ2n) is 5.20. The number of rotatable bonds is 2. The number of thioether (sulfide) groups is 1. The Kier molecular flexibility index (Phi) is 3.63. The van der Waals surface area contributed by atoms with Crippen LogP contribution in [0.1, 0.15) is 21.4 Å². The van der Waals surface area contributed by atoms with E-state index in [0.717, 1.165) is 39.5 Å². The third kappa shape index (κ3) is 2.32. The number of thiazole rings is 1. The number of fused-ring (bicyclic) bond motifs is 1. The highest BCUT2D eigenvalue weighted by Gasteiger charge is 2.31. The van der Waals surface area contributed by atoms with Gasteiger partial charge in [-0.15, -0.1) is 11.3 Å². The van der Waals surface area contributed by atoms with Gasteiger partial charge in [0.1, 0.15) is 5.01 Å². The molecule has 4 nitrogen and oxygen atoms in total. The molecule has 112 valence electrons. The highest BCUT2D eigenvalue weighted by molar-refractivity contribution is 7.99. The summed E-state index contributed by atoms with van der Waals surface area (Å²) in [5.41, 5.74) is 1.77. The van der Waals surface area contributed by atoms with Gasteiger partial charge in [-0.2, -0.15) is 11.8 Å². The number of carbonyl (C=O) groups excluding carboxylic acids is 1. The summed E-state index contributed by atoms with van der Waals surface area (Å²) in [6.45, 7) is 0.772. The topological polar surface area (TPSA) is 49.0 Å². The molecule has 0 radical (unpaired) electrons. The zero-order valence-corrected chi connectivity index (χ0v) is 13.5. The van der Waals surface area contributed by atoms with Crippen LogP contribution in [0, 0.1) is 0 Å². The Bertz CT molecular complexity index is 797. The van der Waals surface area contributed by atoms with E-state index in [1.54, 1.807) is 11.3 Å². The minimum absolute atomic E-state index is 0.0837. The summed E-state index contributed by atoms with van der Waals surface area (Å²) in [5.74, 6) is 2.00. The minimum atomic E-state index is 0.0837. The number of carbonyl (C=O) groups is 1. The number of aromatic amines is 1. The molecule has 3 aromatic rings. The van der Waals surface area contributed by atoms with Crippen molar-refractivity contribution in [2.45, 2.75) is 6.04 Å². The Labute approximate surface area is 136 Å². The molecule has 4 rings (SSSR count). The van der Waals surface area contributed by atoms with Crippen molar-refractivity contribution in [2.75, 3.05) is 18.1 Å². The summed E-state index contributed by atoms with van der Waals surface area (Å²) in [5, 5.41) is 4.00. The van der Waals surface area contributed by atoms with Crippen LogP contribution in [0.2, 0.25) is 0 Å². The van der Waals surface area contributed by atoms with Crippen molar-refractivity contribution >= 4 is 39.9 Å². The van der Waals surface area contributed by atoms with Crippen LogP contribution in [-0.4, -0.2) is 38.8 Å². The molecule has 0 saturated carbocycles. The summed E-state index contributed by atoms with van der Waals surface area (Å²) < 4.78 is 0. The molecule has 1 amide bonds. The van der Waals surface area contributed by atoms with Crippen molar-refractivity contribution in [3.63, 3.8) is 0 Å².